The second-order valence-electron chi connectivity index (χ2n) is 3.89. The maximum atomic E-state index is 7.27. The summed E-state index contributed by atoms with van der Waals surface area (Å²) >= 11 is 1.58. The summed E-state index contributed by atoms with van der Waals surface area (Å²) in [5.74, 6) is 0.706. The Labute approximate surface area is 88.6 Å². The summed E-state index contributed by atoms with van der Waals surface area (Å²) in [5, 5.41) is 9.16. The molecule has 3 nitrogen and oxygen atoms in total. The highest BCUT2D eigenvalue weighted by Crippen LogP contribution is 2.24. The molecule has 1 aromatic heterocycles. The molecule has 0 spiro atoms. The van der Waals surface area contributed by atoms with Crippen molar-refractivity contribution >= 4 is 17.2 Å². The van der Waals surface area contributed by atoms with Crippen LogP contribution in [0.1, 0.15) is 36.8 Å². The summed E-state index contributed by atoms with van der Waals surface area (Å²) in [4.78, 5) is 1.11. The van der Waals surface area contributed by atoms with Gasteiger partial charge in [-0.3, -0.25) is 5.41 Å². The minimum absolute atomic E-state index is 0.0769. The number of hydrogen-bond acceptors (Lipinski definition) is 3. The second kappa shape index (κ2) is 4.57. The van der Waals surface area contributed by atoms with E-state index in [1.807, 2.05) is 11.4 Å². The molecule has 78 valence electrons. The number of thiophene rings is 1. The van der Waals surface area contributed by atoms with Crippen molar-refractivity contribution in [1.82, 2.24) is 0 Å². The number of hydrogen-bond donors (Lipinski definition) is 3. The Morgan fingerprint density at radius 1 is 1.57 bits per heavy atom. The fourth-order valence-electron chi connectivity index (χ4n) is 1.31. The summed E-state index contributed by atoms with van der Waals surface area (Å²) in [6.45, 7) is 4.30. The zero-order valence-corrected chi connectivity index (χ0v) is 9.40. The summed E-state index contributed by atoms with van der Waals surface area (Å²) in [6, 6.07) is 1.99. The molecule has 0 aliphatic carbocycles. The average Bonchev–Trinajstić information content (AvgIpc) is 2.50. The lowest BCUT2D eigenvalue weighted by molar-refractivity contribution is 0.515. The van der Waals surface area contributed by atoms with Gasteiger partial charge in [0.15, 0.2) is 0 Å². The third kappa shape index (κ3) is 2.82. The van der Waals surface area contributed by atoms with Crippen LogP contribution in [-0.2, 0) is 0 Å². The molecule has 1 rings (SSSR count). The van der Waals surface area contributed by atoms with E-state index in [0.29, 0.717) is 5.92 Å². The molecule has 0 aliphatic rings. The summed E-state index contributed by atoms with van der Waals surface area (Å²) in [6.07, 6.45) is 0.970. The Balaban J connectivity index is 2.71. The number of rotatable bonds is 4. The van der Waals surface area contributed by atoms with Gasteiger partial charge in [-0.15, -0.1) is 11.3 Å². The maximum absolute atomic E-state index is 7.27. The van der Waals surface area contributed by atoms with Crippen molar-refractivity contribution in [2.75, 3.05) is 0 Å². The summed E-state index contributed by atoms with van der Waals surface area (Å²) in [7, 11) is 0. The molecule has 0 saturated heterocycles. The van der Waals surface area contributed by atoms with E-state index >= 15 is 0 Å². The van der Waals surface area contributed by atoms with Gasteiger partial charge in [0, 0.05) is 21.9 Å². The van der Waals surface area contributed by atoms with Crippen LogP contribution in [-0.4, -0.2) is 5.84 Å². The van der Waals surface area contributed by atoms with E-state index in [9.17, 15) is 0 Å². The molecule has 14 heavy (non-hydrogen) atoms. The van der Waals surface area contributed by atoms with Crippen LogP contribution in [0.25, 0.3) is 0 Å². The molecular weight excluding hydrogens is 194 g/mol. The van der Waals surface area contributed by atoms with Gasteiger partial charge in [-0.2, -0.15) is 0 Å². The van der Waals surface area contributed by atoms with Gasteiger partial charge < -0.3 is 11.5 Å². The van der Waals surface area contributed by atoms with Crippen LogP contribution >= 0.6 is 11.3 Å². The van der Waals surface area contributed by atoms with Gasteiger partial charge in [-0.25, -0.2) is 0 Å². The predicted octanol–water partition coefficient (Wildman–Crippen LogP) is 2.08. The first kappa shape index (κ1) is 11.2. The molecule has 1 atom stereocenters. The molecule has 1 aromatic rings. The molecule has 0 unspecified atom stereocenters. The average molecular weight is 211 g/mol. The zero-order valence-electron chi connectivity index (χ0n) is 8.58. The zero-order chi connectivity index (χ0) is 10.7. The topological polar surface area (TPSA) is 75.9 Å². The first-order chi connectivity index (χ1) is 6.50. The number of nitrogens with two attached hydrogens (primary N) is 2. The third-order valence-corrected chi connectivity index (χ3v) is 3.09. The third-order valence-electron chi connectivity index (χ3n) is 2.02. The Kier molecular flexibility index (Phi) is 3.66. The van der Waals surface area contributed by atoms with Gasteiger partial charge in [-0.05, 0) is 18.4 Å². The Bertz CT molecular complexity index is 317. The van der Waals surface area contributed by atoms with Gasteiger partial charge in [0.1, 0.15) is 5.84 Å². The largest absolute Gasteiger partial charge is 0.384 e. The van der Waals surface area contributed by atoms with Crippen LogP contribution in [0.5, 0.6) is 0 Å². The van der Waals surface area contributed by atoms with Crippen molar-refractivity contribution in [2.45, 2.75) is 26.3 Å². The summed E-state index contributed by atoms with van der Waals surface area (Å²) in [5.41, 5.74) is 12.2. The second-order valence-corrected chi connectivity index (χ2v) is 4.83. The van der Waals surface area contributed by atoms with Crippen molar-refractivity contribution in [1.29, 1.82) is 5.41 Å². The molecule has 0 amide bonds. The molecule has 0 bridgehead atoms. The standard InChI is InChI=1S/C10H17N3S/c1-6(2)3-8(11)9-4-7(5-14-9)10(12)13/h4-6,8H,3,11H2,1-2H3,(H3,12,13)/t8-/m0/s1. The lowest BCUT2D eigenvalue weighted by Gasteiger charge is -2.11. The van der Waals surface area contributed by atoms with Crippen LogP contribution in [0, 0.1) is 11.3 Å². The first-order valence-electron chi connectivity index (χ1n) is 4.69. The van der Waals surface area contributed by atoms with Crippen LogP contribution in [0.3, 0.4) is 0 Å². The maximum Gasteiger partial charge on any atom is 0.123 e. The lowest BCUT2D eigenvalue weighted by Crippen LogP contribution is -2.12. The minimum atomic E-state index is 0.0769. The van der Waals surface area contributed by atoms with E-state index < -0.39 is 0 Å². The highest BCUT2D eigenvalue weighted by Gasteiger charge is 2.11. The van der Waals surface area contributed by atoms with Crippen LogP contribution < -0.4 is 11.5 Å². The number of amidine groups is 1. The predicted molar refractivity (Wildman–Crippen MR) is 61.7 cm³/mol. The van der Waals surface area contributed by atoms with E-state index in [4.69, 9.17) is 16.9 Å². The molecule has 1 heterocycles. The van der Waals surface area contributed by atoms with Gasteiger partial charge in [-0.1, -0.05) is 13.8 Å². The van der Waals surface area contributed by atoms with Crippen molar-refractivity contribution in [3.8, 4) is 0 Å². The highest BCUT2D eigenvalue weighted by atomic mass is 32.1. The van der Waals surface area contributed by atoms with E-state index in [1.54, 1.807) is 11.3 Å². The van der Waals surface area contributed by atoms with Crippen molar-refractivity contribution in [3.63, 3.8) is 0 Å². The quantitative estimate of drug-likeness (QED) is 0.527. The molecule has 0 aromatic carbocycles. The van der Waals surface area contributed by atoms with Gasteiger partial charge >= 0.3 is 0 Å². The normalized spacial score (nSPS) is 13.1. The monoisotopic (exact) mass is 211 g/mol. The highest BCUT2D eigenvalue weighted by molar-refractivity contribution is 7.10. The molecule has 5 N–H and O–H groups in total. The van der Waals surface area contributed by atoms with Gasteiger partial charge in [0.2, 0.25) is 0 Å². The Hall–Kier alpha value is -0.870. The van der Waals surface area contributed by atoms with E-state index in [-0.39, 0.29) is 11.9 Å². The van der Waals surface area contributed by atoms with Crippen LogP contribution in [0.4, 0.5) is 0 Å². The molecule has 0 radical (unpaired) electrons. The van der Waals surface area contributed by atoms with Gasteiger partial charge in [0.25, 0.3) is 0 Å². The van der Waals surface area contributed by atoms with E-state index in [2.05, 4.69) is 13.8 Å². The Morgan fingerprint density at radius 3 is 2.64 bits per heavy atom. The minimum Gasteiger partial charge on any atom is -0.384 e. The molecular formula is C10H17N3S. The molecule has 0 fully saturated rings. The first-order valence-corrected chi connectivity index (χ1v) is 5.57. The van der Waals surface area contributed by atoms with E-state index in [1.165, 1.54) is 0 Å². The number of nitrogen functional groups attached to an aromatic ring is 1. The summed E-state index contributed by atoms with van der Waals surface area (Å²) < 4.78 is 0. The smallest absolute Gasteiger partial charge is 0.123 e. The van der Waals surface area contributed by atoms with Crippen LogP contribution in [0.15, 0.2) is 11.4 Å². The fraction of sp³-hybridized carbons (Fsp3) is 0.500. The fourth-order valence-corrected chi connectivity index (χ4v) is 2.24. The SMILES string of the molecule is CC(C)C[C@H](N)c1cc(C(=N)N)cs1. The van der Waals surface area contributed by atoms with Crippen molar-refractivity contribution in [3.05, 3.63) is 21.9 Å². The van der Waals surface area contributed by atoms with Crippen molar-refractivity contribution in [2.24, 2.45) is 17.4 Å². The number of nitrogens with one attached hydrogen (secondary N) is 1. The van der Waals surface area contributed by atoms with Crippen molar-refractivity contribution < 1.29 is 0 Å². The van der Waals surface area contributed by atoms with E-state index in [0.717, 1.165) is 16.9 Å². The molecule has 0 aliphatic heterocycles. The Morgan fingerprint density at radius 2 is 2.21 bits per heavy atom. The molecule has 4 heteroatoms. The molecule has 0 saturated carbocycles. The van der Waals surface area contributed by atoms with Gasteiger partial charge in [0.05, 0.1) is 0 Å². The van der Waals surface area contributed by atoms with Crippen LogP contribution in [0.2, 0.25) is 0 Å². The lowest BCUT2D eigenvalue weighted by atomic mass is 10.0.